The molecular weight excluding hydrogens is 342 g/mol. The van der Waals surface area contributed by atoms with Crippen LogP contribution in [0, 0.1) is 51.2 Å². The highest BCUT2D eigenvalue weighted by atomic mass is 16.1. The third-order valence-electron chi connectivity index (χ3n) is 11.9. The van der Waals surface area contributed by atoms with Gasteiger partial charge >= 0.3 is 0 Å². The van der Waals surface area contributed by atoms with Crippen molar-refractivity contribution in [3.63, 3.8) is 0 Å². The molecule has 28 heavy (non-hydrogen) atoms. The maximum Gasteiger partial charge on any atom is 0.126 e. The Morgan fingerprint density at radius 2 is 1.50 bits per heavy atom. The van der Waals surface area contributed by atoms with Crippen molar-refractivity contribution >= 4 is 6.29 Å². The van der Waals surface area contributed by atoms with E-state index in [2.05, 4.69) is 27.7 Å². The van der Waals surface area contributed by atoms with Crippen molar-refractivity contribution < 1.29 is 4.79 Å². The van der Waals surface area contributed by atoms with Gasteiger partial charge in [-0.3, -0.25) is 0 Å². The van der Waals surface area contributed by atoms with E-state index in [4.69, 9.17) is 5.73 Å². The summed E-state index contributed by atoms with van der Waals surface area (Å²) in [6.45, 7) is 10.3. The molecular formula is C26H43NO. The molecule has 0 aromatic rings. The second-order valence-electron chi connectivity index (χ2n) is 12.9. The summed E-state index contributed by atoms with van der Waals surface area (Å²) >= 11 is 0. The minimum atomic E-state index is 0.0606. The molecule has 0 spiro atoms. The Bertz CT molecular complexity index is 657. The Balaban J connectivity index is 1.48. The zero-order valence-electron chi connectivity index (χ0n) is 18.8. The van der Waals surface area contributed by atoms with Crippen LogP contribution in [0.5, 0.6) is 0 Å². The van der Waals surface area contributed by atoms with Crippen molar-refractivity contribution in [3.8, 4) is 0 Å². The van der Waals surface area contributed by atoms with Gasteiger partial charge in [-0.2, -0.15) is 0 Å². The van der Waals surface area contributed by atoms with Gasteiger partial charge in [0, 0.05) is 11.5 Å². The van der Waals surface area contributed by atoms with E-state index in [1.165, 1.54) is 76.9 Å². The highest BCUT2D eigenvalue weighted by molar-refractivity contribution is 5.61. The Labute approximate surface area is 172 Å². The fourth-order valence-corrected chi connectivity index (χ4v) is 10.5. The van der Waals surface area contributed by atoms with Crippen LogP contribution in [0.15, 0.2) is 0 Å². The minimum Gasteiger partial charge on any atom is -0.327 e. The van der Waals surface area contributed by atoms with Crippen molar-refractivity contribution in [2.45, 2.75) is 104 Å². The fourth-order valence-electron chi connectivity index (χ4n) is 10.5. The number of carbonyl (C=O) groups is 1. The SMILES string of the molecule is CC1(C)C(N)CCC2(C)C1CCC1(C)C3CCC4(C=O)CCCC4C3CCC12. The molecule has 2 N–H and O–H groups in total. The first-order valence-electron chi connectivity index (χ1n) is 12.4. The van der Waals surface area contributed by atoms with E-state index in [1.54, 1.807) is 0 Å². The predicted molar refractivity (Wildman–Crippen MR) is 115 cm³/mol. The van der Waals surface area contributed by atoms with Gasteiger partial charge in [0.15, 0.2) is 0 Å². The first-order valence-corrected chi connectivity index (χ1v) is 12.4. The van der Waals surface area contributed by atoms with Crippen LogP contribution in [0.4, 0.5) is 0 Å². The lowest BCUT2D eigenvalue weighted by atomic mass is 9.36. The molecule has 0 radical (unpaired) electrons. The molecule has 9 unspecified atom stereocenters. The molecule has 5 aliphatic carbocycles. The summed E-state index contributed by atoms with van der Waals surface area (Å²) < 4.78 is 0. The number of aldehydes is 1. The lowest BCUT2D eigenvalue weighted by Crippen LogP contribution is -2.64. The van der Waals surface area contributed by atoms with Crippen molar-refractivity contribution in [3.05, 3.63) is 0 Å². The largest absolute Gasteiger partial charge is 0.327 e. The molecule has 0 amide bonds. The van der Waals surface area contributed by atoms with Crippen molar-refractivity contribution in [2.24, 2.45) is 57.0 Å². The topological polar surface area (TPSA) is 43.1 Å². The van der Waals surface area contributed by atoms with Gasteiger partial charge in [-0.15, -0.1) is 0 Å². The Morgan fingerprint density at radius 1 is 0.750 bits per heavy atom. The van der Waals surface area contributed by atoms with E-state index in [9.17, 15) is 4.79 Å². The summed E-state index contributed by atoms with van der Waals surface area (Å²) in [7, 11) is 0. The molecule has 0 aromatic carbocycles. The van der Waals surface area contributed by atoms with Gasteiger partial charge in [0.05, 0.1) is 0 Å². The van der Waals surface area contributed by atoms with Crippen molar-refractivity contribution in [1.29, 1.82) is 0 Å². The van der Waals surface area contributed by atoms with Crippen molar-refractivity contribution in [2.75, 3.05) is 0 Å². The summed E-state index contributed by atoms with van der Waals surface area (Å²) in [5.74, 6) is 4.02. The summed E-state index contributed by atoms with van der Waals surface area (Å²) in [5, 5.41) is 0. The fraction of sp³-hybridized carbons (Fsp3) is 0.962. The predicted octanol–water partition coefficient (Wildman–Crippen LogP) is 5.98. The van der Waals surface area contributed by atoms with E-state index in [-0.39, 0.29) is 10.8 Å². The number of carbonyl (C=O) groups excluding carboxylic acids is 1. The van der Waals surface area contributed by atoms with E-state index < -0.39 is 0 Å². The number of fused-ring (bicyclic) bond motifs is 7. The summed E-state index contributed by atoms with van der Waals surface area (Å²) in [6.07, 6.45) is 15.8. The molecule has 5 saturated carbocycles. The smallest absolute Gasteiger partial charge is 0.126 e. The van der Waals surface area contributed by atoms with Crippen molar-refractivity contribution in [1.82, 2.24) is 0 Å². The van der Waals surface area contributed by atoms with Crippen LogP contribution in [0.3, 0.4) is 0 Å². The Kier molecular flexibility index (Phi) is 4.25. The zero-order valence-corrected chi connectivity index (χ0v) is 18.8. The lowest BCUT2D eigenvalue weighted by Gasteiger charge is -2.69. The number of nitrogens with two attached hydrogens (primary N) is 1. The number of rotatable bonds is 1. The molecule has 0 aliphatic heterocycles. The van der Waals surface area contributed by atoms with E-state index >= 15 is 0 Å². The molecule has 2 nitrogen and oxygen atoms in total. The van der Waals surface area contributed by atoms with Crippen LogP contribution in [0.25, 0.3) is 0 Å². The second kappa shape index (κ2) is 6.08. The molecule has 0 heterocycles. The number of hydrogen-bond donors (Lipinski definition) is 1. The molecule has 0 saturated heterocycles. The number of hydrogen-bond acceptors (Lipinski definition) is 2. The van der Waals surface area contributed by atoms with Gasteiger partial charge in [-0.1, -0.05) is 34.1 Å². The minimum absolute atomic E-state index is 0.0606. The third-order valence-corrected chi connectivity index (χ3v) is 11.9. The lowest BCUT2D eigenvalue weighted by molar-refractivity contribution is -0.197. The molecule has 9 atom stereocenters. The third kappa shape index (κ3) is 2.28. The van der Waals surface area contributed by atoms with Crippen LogP contribution in [0.1, 0.15) is 98.3 Å². The van der Waals surface area contributed by atoms with Gasteiger partial charge in [0.2, 0.25) is 0 Å². The average Bonchev–Trinajstić information content (AvgIpc) is 3.10. The van der Waals surface area contributed by atoms with Crippen LogP contribution in [-0.4, -0.2) is 12.3 Å². The van der Waals surface area contributed by atoms with Crippen LogP contribution >= 0.6 is 0 Å². The second-order valence-corrected chi connectivity index (χ2v) is 12.9. The van der Waals surface area contributed by atoms with E-state index in [0.29, 0.717) is 22.8 Å². The molecule has 0 aromatic heterocycles. The summed E-state index contributed by atoms with van der Waals surface area (Å²) in [4.78, 5) is 12.1. The molecule has 0 bridgehead atoms. The molecule has 2 heteroatoms. The van der Waals surface area contributed by atoms with Gasteiger partial charge in [0.25, 0.3) is 0 Å². The highest BCUT2D eigenvalue weighted by Crippen LogP contribution is 2.72. The van der Waals surface area contributed by atoms with Gasteiger partial charge < -0.3 is 10.5 Å². The monoisotopic (exact) mass is 385 g/mol. The normalized spacial score (nSPS) is 57.5. The highest BCUT2D eigenvalue weighted by Gasteiger charge is 2.65. The molecule has 5 aliphatic rings. The molecule has 158 valence electrons. The average molecular weight is 386 g/mol. The summed E-state index contributed by atoms with van der Waals surface area (Å²) in [6, 6.07) is 0.368. The zero-order chi connectivity index (χ0) is 19.9. The Morgan fingerprint density at radius 3 is 2.25 bits per heavy atom. The standard InChI is InChI=1S/C26H43NO/c1-23(2)20-10-13-24(3)18-9-15-26(16-28)12-5-6-19(26)17(18)7-8-21(24)25(20,4)14-11-22(23)27/h16-22H,5-15,27H2,1-4H3. The summed E-state index contributed by atoms with van der Waals surface area (Å²) in [5.41, 5.74) is 7.93. The Hall–Kier alpha value is -0.370. The van der Waals surface area contributed by atoms with E-state index in [0.717, 1.165) is 23.7 Å². The van der Waals surface area contributed by atoms with Gasteiger partial charge in [0.1, 0.15) is 6.29 Å². The first kappa shape index (κ1) is 19.6. The van der Waals surface area contributed by atoms with Crippen LogP contribution < -0.4 is 5.73 Å². The first-order chi connectivity index (χ1) is 13.2. The quantitative estimate of drug-likeness (QED) is 0.564. The van der Waals surface area contributed by atoms with E-state index in [1.807, 2.05) is 0 Å². The van der Waals surface area contributed by atoms with Crippen LogP contribution in [-0.2, 0) is 4.79 Å². The van der Waals surface area contributed by atoms with Gasteiger partial charge in [-0.05, 0) is 110 Å². The van der Waals surface area contributed by atoms with Gasteiger partial charge in [-0.25, -0.2) is 0 Å². The molecule has 5 fully saturated rings. The maximum atomic E-state index is 12.1. The van der Waals surface area contributed by atoms with Crippen LogP contribution in [0.2, 0.25) is 0 Å². The molecule has 5 rings (SSSR count). The maximum absolute atomic E-state index is 12.1.